The normalized spacial score (nSPS) is 14.6. The second-order valence-corrected chi connectivity index (χ2v) is 14.2. The maximum atomic E-state index is 13.0. The highest BCUT2D eigenvalue weighted by Crippen LogP contribution is 2.39. The van der Waals surface area contributed by atoms with Gasteiger partial charge >= 0.3 is 5.97 Å². The molecule has 7 rings (SSSR count). The zero-order valence-electron chi connectivity index (χ0n) is 27.9. The minimum absolute atomic E-state index is 0.286. The molecule has 0 atom stereocenters. The summed E-state index contributed by atoms with van der Waals surface area (Å²) in [5.74, 6) is 2.71. The van der Waals surface area contributed by atoms with Crippen molar-refractivity contribution in [1.82, 2.24) is 25.1 Å². The zero-order chi connectivity index (χ0) is 33.6. The molecule has 1 saturated heterocycles. The van der Waals surface area contributed by atoms with Crippen LogP contribution in [0.1, 0.15) is 59.1 Å². The third kappa shape index (κ3) is 7.79. The molecule has 2 aliphatic rings. The number of carbonyl (C=O) groups is 1. The monoisotopic (exact) mass is 699 g/mol. The summed E-state index contributed by atoms with van der Waals surface area (Å²) in [6.07, 6.45) is 5.75. The lowest BCUT2D eigenvalue weighted by Crippen LogP contribution is -2.27. The van der Waals surface area contributed by atoms with Crippen LogP contribution < -0.4 is 19.7 Å². The molecule has 13 heteroatoms. The van der Waals surface area contributed by atoms with Gasteiger partial charge in [-0.3, -0.25) is 4.90 Å². The van der Waals surface area contributed by atoms with E-state index in [1.54, 1.807) is 11.3 Å². The van der Waals surface area contributed by atoms with E-state index in [0.29, 0.717) is 31.1 Å². The van der Waals surface area contributed by atoms with E-state index in [1.165, 1.54) is 37.3 Å². The molecule has 0 unspecified atom stereocenters. The van der Waals surface area contributed by atoms with Crippen LogP contribution in [0.3, 0.4) is 0 Å². The third-order valence-corrected chi connectivity index (χ3v) is 10.9. The van der Waals surface area contributed by atoms with Gasteiger partial charge in [-0.2, -0.15) is 0 Å². The van der Waals surface area contributed by atoms with E-state index in [1.807, 2.05) is 49.4 Å². The number of aromatic nitrogens is 4. The summed E-state index contributed by atoms with van der Waals surface area (Å²) in [5.41, 5.74) is 3.48. The molecule has 1 N–H and O–H groups in total. The van der Waals surface area contributed by atoms with Crippen molar-refractivity contribution in [2.24, 2.45) is 0 Å². The Bertz CT molecular complexity index is 1860. The molecule has 0 amide bonds. The van der Waals surface area contributed by atoms with Crippen LogP contribution in [0, 0.1) is 6.92 Å². The number of hydrogen-bond donors (Lipinski definition) is 1. The number of benzene rings is 2. The van der Waals surface area contributed by atoms with Crippen molar-refractivity contribution in [2.45, 2.75) is 52.4 Å². The standard InChI is InChI=1S/C36H41N7O4S2/c1-3-45-34(44)31-30(13-9-22-46-25-14-16-26(17-15-25)47-23-21-42-18-6-7-19-42)49-36(38-31)43-20-8-10-27-24(2)32(40-41-33(27)43)39-35-37-28-11-4-5-12-29(28)48-35/h4-5,11-12,14-17H,3,6-10,13,18-23H2,1-2H3,(H,37,39,40). The number of rotatable bonds is 14. The van der Waals surface area contributed by atoms with E-state index in [-0.39, 0.29) is 6.61 Å². The van der Waals surface area contributed by atoms with E-state index in [0.717, 1.165) is 86.2 Å². The maximum Gasteiger partial charge on any atom is 0.358 e. The van der Waals surface area contributed by atoms with Crippen LogP contribution in [0.25, 0.3) is 10.2 Å². The van der Waals surface area contributed by atoms with Crippen molar-refractivity contribution in [3.05, 3.63) is 70.2 Å². The van der Waals surface area contributed by atoms with Gasteiger partial charge in [-0.25, -0.2) is 14.8 Å². The van der Waals surface area contributed by atoms with Gasteiger partial charge in [-0.15, -0.1) is 21.5 Å². The fourth-order valence-electron chi connectivity index (χ4n) is 6.25. The van der Waals surface area contributed by atoms with Crippen LogP contribution in [0.15, 0.2) is 48.5 Å². The number of carbonyl (C=O) groups excluding carboxylic acids is 1. The van der Waals surface area contributed by atoms with Crippen LogP contribution in [0.2, 0.25) is 0 Å². The average Bonchev–Trinajstić information content (AvgIpc) is 3.89. The molecule has 2 aliphatic heterocycles. The van der Waals surface area contributed by atoms with Gasteiger partial charge in [0.05, 0.1) is 23.4 Å². The van der Waals surface area contributed by atoms with E-state index < -0.39 is 5.97 Å². The van der Waals surface area contributed by atoms with Crippen molar-refractivity contribution in [1.29, 1.82) is 0 Å². The number of thiazole rings is 2. The van der Waals surface area contributed by atoms with Gasteiger partial charge in [0.25, 0.3) is 0 Å². The Morgan fingerprint density at radius 2 is 1.69 bits per heavy atom. The summed E-state index contributed by atoms with van der Waals surface area (Å²) in [5, 5.41) is 14.1. The van der Waals surface area contributed by atoms with Gasteiger partial charge in [0.1, 0.15) is 18.1 Å². The second-order valence-electron chi connectivity index (χ2n) is 12.2. The van der Waals surface area contributed by atoms with Crippen molar-refractivity contribution >= 4 is 60.8 Å². The Morgan fingerprint density at radius 3 is 2.47 bits per heavy atom. The van der Waals surface area contributed by atoms with Gasteiger partial charge in [-0.05, 0) is 102 Å². The summed E-state index contributed by atoms with van der Waals surface area (Å²) in [6.45, 7) is 9.41. The summed E-state index contributed by atoms with van der Waals surface area (Å²) in [6, 6.07) is 15.9. The van der Waals surface area contributed by atoms with Gasteiger partial charge < -0.3 is 24.4 Å². The smallest absolute Gasteiger partial charge is 0.358 e. The van der Waals surface area contributed by atoms with Crippen molar-refractivity contribution in [3.8, 4) is 11.5 Å². The lowest BCUT2D eigenvalue weighted by Gasteiger charge is -2.28. The first-order chi connectivity index (χ1) is 24.1. The van der Waals surface area contributed by atoms with Crippen LogP contribution in [0.5, 0.6) is 11.5 Å². The molecule has 49 heavy (non-hydrogen) atoms. The molecule has 256 valence electrons. The van der Waals surface area contributed by atoms with Crippen molar-refractivity contribution < 1.29 is 19.0 Å². The Kier molecular flexibility index (Phi) is 10.5. The highest BCUT2D eigenvalue weighted by atomic mass is 32.1. The molecule has 2 aromatic carbocycles. The van der Waals surface area contributed by atoms with Gasteiger partial charge in [-0.1, -0.05) is 23.5 Å². The Hall–Kier alpha value is -4.33. The SMILES string of the molecule is CCOC(=O)c1nc(N2CCCc3c2nnc(Nc2nc4ccccc4s2)c3C)sc1CCCOc1ccc(OCCN2CCCC2)cc1. The Labute approximate surface area is 294 Å². The number of fused-ring (bicyclic) bond motifs is 2. The molecule has 5 aromatic rings. The van der Waals surface area contributed by atoms with E-state index in [4.69, 9.17) is 24.2 Å². The minimum atomic E-state index is -0.406. The van der Waals surface area contributed by atoms with Gasteiger partial charge in [0, 0.05) is 29.1 Å². The summed E-state index contributed by atoms with van der Waals surface area (Å²) < 4.78 is 18.5. The second kappa shape index (κ2) is 15.5. The minimum Gasteiger partial charge on any atom is -0.494 e. The largest absolute Gasteiger partial charge is 0.494 e. The quantitative estimate of drug-likeness (QED) is 0.0928. The fourth-order valence-corrected chi connectivity index (χ4v) is 8.23. The lowest BCUT2D eigenvalue weighted by molar-refractivity contribution is 0.0519. The van der Waals surface area contributed by atoms with Crippen LogP contribution >= 0.6 is 22.7 Å². The number of para-hydroxylation sites is 1. The molecule has 0 radical (unpaired) electrons. The first-order valence-corrected chi connectivity index (χ1v) is 18.7. The predicted molar refractivity (Wildman–Crippen MR) is 194 cm³/mol. The first-order valence-electron chi connectivity index (χ1n) is 17.1. The number of aryl methyl sites for hydroxylation is 1. The first kappa shape index (κ1) is 33.2. The van der Waals surface area contributed by atoms with Crippen LogP contribution in [-0.4, -0.2) is 77.0 Å². The number of nitrogens with zero attached hydrogens (tertiary/aromatic N) is 6. The third-order valence-electron chi connectivity index (χ3n) is 8.81. The topological polar surface area (TPSA) is 115 Å². The molecule has 0 bridgehead atoms. The van der Waals surface area contributed by atoms with E-state index >= 15 is 0 Å². The average molecular weight is 700 g/mol. The molecule has 0 saturated carbocycles. The summed E-state index contributed by atoms with van der Waals surface area (Å²) in [4.78, 5) is 27.9. The molecule has 5 heterocycles. The maximum absolute atomic E-state index is 13.0. The van der Waals surface area contributed by atoms with Crippen molar-refractivity contribution in [3.63, 3.8) is 0 Å². The molecule has 0 aliphatic carbocycles. The van der Waals surface area contributed by atoms with Gasteiger partial charge in [0.15, 0.2) is 27.6 Å². The number of likely N-dealkylation sites (tertiary alicyclic amines) is 1. The summed E-state index contributed by atoms with van der Waals surface area (Å²) >= 11 is 3.10. The van der Waals surface area contributed by atoms with Crippen molar-refractivity contribution in [2.75, 3.05) is 56.2 Å². The van der Waals surface area contributed by atoms with E-state index in [2.05, 4.69) is 38.3 Å². The Morgan fingerprint density at radius 1 is 0.918 bits per heavy atom. The Balaban J connectivity index is 0.997. The van der Waals surface area contributed by atoms with Crippen LogP contribution in [0.4, 0.5) is 21.9 Å². The van der Waals surface area contributed by atoms with Gasteiger partial charge in [0.2, 0.25) is 0 Å². The van der Waals surface area contributed by atoms with Crippen LogP contribution in [-0.2, 0) is 17.6 Å². The zero-order valence-corrected chi connectivity index (χ0v) is 29.6. The molecule has 0 spiro atoms. The highest BCUT2D eigenvalue weighted by Gasteiger charge is 2.29. The highest BCUT2D eigenvalue weighted by molar-refractivity contribution is 7.22. The summed E-state index contributed by atoms with van der Waals surface area (Å²) in [7, 11) is 0. The molecular weight excluding hydrogens is 659 g/mol. The predicted octanol–water partition coefficient (Wildman–Crippen LogP) is 7.34. The fraction of sp³-hybridized carbons (Fsp3) is 0.417. The number of ether oxygens (including phenoxy) is 3. The number of anilines is 4. The molecule has 1 fully saturated rings. The number of hydrogen-bond acceptors (Lipinski definition) is 13. The lowest BCUT2D eigenvalue weighted by atomic mass is 10.0. The molecular formula is C36H41N7O4S2. The molecule has 11 nitrogen and oxygen atoms in total. The van der Waals surface area contributed by atoms with E-state index in [9.17, 15) is 4.79 Å². The number of nitrogens with one attached hydrogen (secondary N) is 1. The number of esters is 1. The molecule has 3 aromatic heterocycles.